The van der Waals surface area contributed by atoms with Crippen molar-refractivity contribution >= 4 is 41.0 Å². The van der Waals surface area contributed by atoms with E-state index in [1.165, 1.54) is 18.3 Å². The second kappa shape index (κ2) is 8.04. The van der Waals surface area contributed by atoms with E-state index in [0.717, 1.165) is 11.3 Å². The molecule has 5 nitrogen and oxygen atoms in total. The number of benzene rings is 2. The molecule has 0 saturated heterocycles. The Hall–Kier alpha value is -2.24. The molecule has 0 aliphatic carbocycles. The zero-order valence-corrected chi connectivity index (χ0v) is 14.7. The standard InChI is InChI=1S/C17H17Cl2N3O2/c1-10-5-3-4-6-15(10)21-11(2)17(24)22-20-9-12-7-13(18)8-14(19)16(12)23/h3-9,11,21,23H,1-2H3,(H,22,24)/b20-9-/t11-/m1/s1. The first-order valence-corrected chi connectivity index (χ1v) is 7.97. The van der Waals surface area contributed by atoms with Crippen LogP contribution in [0, 0.1) is 6.92 Å². The van der Waals surface area contributed by atoms with E-state index in [-0.39, 0.29) is 16.7 Å². The van der Waals surface area contributed by atoms with Gasteiger partial charge in [-0.3, -0.25) is 4.79 Å². The summed E-state index contributed by atoms with van der Waals surface area (Å²) in [4.78, 5) is 12.1. The Morgan fingerprint density at radius 2 is 2.00 bits per heavy atom. The first-order chi connectivity index (χ1) is 11.4. The smallest absolute Gasteiger partial charge is 0.262 e. The number of anilines is 1. The molecule has 0 unspecified atom stereocenters. The quantitative estimate of drug-likeness (QED) is 0.554. The summed E-state index contributed by atoms with van der Waals surface area (Å²) in [6, 6.07) is 10.1. The third-order valence-corrected chi connectivity index (χ3v) is 3.85. The Kier molecular flexibility index (Phi) is 6.06. The van der Waals surface area contributed by atoms with Gasteiger partial charge in [0.2, 0.25) is 0 Å². The van der Waals surface area contributed by atoms with Gasteiger partial charge in [0.25, 0.3) is 5.91 Å². The van der Waals surface area contributed by atoms with Crippen molar-refractivity contribution in [3.8, 4) is 5.75 Å². The molecule has 126 valence electrons. The molecule has 2 rings (SSSR count). The van der Waals surface area contributed by atoms with Crippen LogP contribution in [0.4, 0.5) is 5.69 Å². The van der Waals surface area contributed by atoms with Crippen LogP contribution in [0.25, 0.3) is 0 Å². The van der Waals surface area contributed by atoms with Crippen LogP contribution in [0.1, 0.15) is 18.1 Å². The van der Waals surface area contributed by atoms with Crippen LogP contribution in [-0.4, -0.2) is 23.3 Å². The monoisotopic (exact) mass is 365 g/mol. The number of aryl methyl sites for hydroxylation is 1. The molecule has 0 radical (unpaired) electrons. The van der Waals surface area contributed by atoms with Crippen LogP contribution < -0.4 is 10.7 Å². The summed E-state index contributed by atoms with van der Waals surface area (Å²) < 4.78 is 0. The van der Waals surface area contributed by atoms with Crippen molar-refractivity contribution in [2.45, 2.75) is 19.9 Å². The number of phenols is 1. The normalized spacial score (nSPS) is 12.2. The van der Waals surface area contributed by atoms with Crippen molar-refractivity contribution < 1.29 is 9.90 Å². The Bertz CT molecular complexity index is 778. The molecule has 7 heteroatoms. The van der Waals surface area contributed by atoms with Gasteiger partial charge in [-0.2, -0.15) is 5.10 Å². The lowest BCUT2D eigenvalue weighted by Crippen LogP contribution is -2.35. The largest absolute Gasteiger partial charge is 0.506 e. The molecule has 0 aromatic heterocycles. The van der Waals surface area contributed by atoms with Crippen LogP contribution in [0.15, 0.2) is 41.5 Å². The molecule has 0 aliphatic rings. The fourth-order valence-electron chi connectivity index (χ4n) is 1.98. The van der Waals surface area contributed by atoms with E-state index >= 15 is 0 Å². The molecule has 1 atom stereocenters. The minimum Gasteiger partial charge on any atom is -0.506 e. The fraction of sp³-hybridized carbons (Fsp3) is 0.176. The number of hydrogen-bond acceptors (Lipinski definition) is 4. The van der Waals surface area contributed by atoms with Crippen LogP contribution in [0.2, 0.25) is 10.0 Å². The highest BCUT2D eigenvalue weighted by atomic mass is 35.5. The van der Waals surface area contributed by atoms with E-state index in [1.807, 2.05) is 31.2 Å². The maximum atomic E-state index is 12.1. The lowest BCUT2D eigenvalue weighted by molar-refractivity contribution is -0.121. The molecule has 0 aliphatic heterocycles. The van der Waals surface area contributed by atoms with Gasteiger partial charge in [-0.05, 0) is 37.6 Å². The Balaban J connectivity index is 1.99. The third-order valence-electron chi connectivity index (χ3n) is 3.35. The van der Waals surface area contributed by atoms with E-state index in [1.54, 1.807) is 6.92 Å². The number of phenolic OH excluding ortho intramolecular Hbond substituents is 1. The van der Waals surface area contributed by atoms with E-state index in [9.17, 15) is 9.90 Å². The summed E-state index contributed by atoms with van der Waals surface area (Å²) in [5.74, 6) is -0.465. The van der Waals surface area contributed by atoms with Gasteiger partial charge in [-0.15, -0.1) is 0 Å². The van der Waals surface area contributed by atoms with Crippen molar-refractivity contribution in [1.82, 2.24) is 5.43 Å². The Morgan fingerprint density at radius 1 is 1.29 bits per heavy atom. The first-order valence-electron chi connectivity index (χ1n) is 7.21. The average molecular weight is 366 g/mol. The number of aromatic hydroxyl groups is 1. The minimum atomic E-state index is -0.486. The Morgan fingerprint density at radius 3 is 2.71 bits per heavy atom. The number of halogens is 2. The van der Waals surface area contributed by atoms with Gasteiger partial charge >= 0.3 is 0 Å². The SMILES string of the molecule is Cc1ccccc1N[C@H](C)C(=O)N/N=C\c1cc(Cl)cc(Cl)c1O. The van der Waals surface area contributed by atoms with Gasteiger partial charge in [-0.1, -0.05) is 41.4 Å². The maximum Gasteiger partial charge on any atom is 0.262 e. The zero-order valence-electron chi connectivity index (χ0n) is 13.2. The molecule has 0 saturated carbocycles. The van der Waals surface area contributed by atoms with Crippen molar-refractivity contribution in [3.05, 3.63) is 57.6 Å². The molecule has 24 heavy (non-hydrogen) atoms. The highest BCUT2D eigenvalue weighted by Crippen LogP contribution is 2.29. The van der Waals surface area contributed by atoms with Crippen LogP contribution >= 0.6 is 23.2 Å². The van der Waals surface area contributed by atoms with Gasteiger partial charge < -0.3 is 10.4 Å². The lowest BCUT2D eigenvalue weighted by atomic mass is 10.2. The fourth-order valence-corrected chi connectivity index (χ4v) is 2.49. The van der Waals surface area contributed by atoms with E-state index in [2.05, 4.69) is 15.8 Å². The predicted molar refractivity (Wildman–Crippen MR) is 98.1 cm³/mol. The van der Waals surface area contributed by atoms with Crippen molar-refractivity contribution in [2.24, 2.45) is 5.10 Å². The summed E-state index contributed by atoms with van der Waals surface area (Å²) in [6.45, 7) is 3.68. The number of rotatable bonds is 5. The summed E-state index contributed by atoms with van der Waals surface area (Å²) in [5, 5.41) is 17.2. The molecule has 1 amide bonds. The molecular formula is C17H17Cl2N3O2. The van der Waals surface area contributed by atoms with Crippen LogP contribution in [0.3, 0.4) is 0 Å². The van der Waals surface area contributed by atoms with E-state index in [4.69, 9.17) is 23.2 Å². The lowest BCUT2D eigenvalue weighted by Gasteiger charge is -2.15. The molecule has 0 fully saturated rings. The highest BCUT2D eigenvalue weighted by Gasteiger charge is 2.12. The topological polar surface area (TPSA) is 73.7 Å². The summed E-state index contributed by atoms with van der Waals surface area (Å²) >= 11 is 11.7. The van der Waals surface area contributed by atoms with Crippen LogP contribution in [-0.2, 0) is 4.79 Å². The predicted octanol–water partition coefficient (Wildman–Crippen LogP) is 3.96. The van der Waals surface area contributed by atoms with Crippen molar-refractivity contribution in [1.29, 1.82) is 0 Å². The van der Waals surface area contributed by atoms with Crippen molar-refractivity contribution in [2.75, 3.05) is 5.32 Å². The number of nitrogens with zero attached hydrogens (tertiary/aromatic N) is 1. The maximum absolute atomic E-state index is 12.1. The summed E-state index contributed by atoms with van der Waals surface area (Å²) in [7, 11) is 0. The highest BCUT2D eigenvalue weighted by molar-refractivity contribution is 6.36. The summed E-state index contributed by atoms with van der Waals surface area (Å²) in [5.41, 5.74) is 4.64. The van der Waals surface area contributed by atoms with E-state index < -0.39 is 6.04 Å². The molecule has 0 heterocycles. The van der Waals surface area contributed by atoms with Gasteiger partial charge in [-0.25, -0.2) is 5.43 Å². The number of nitrogens with one attached hydrogen (secondary N) is 2. The van der Waals surface area contributed by atoms with Gasteiger partial charge in [0, 0.05) is 16.3 Å². The second-order valence-electron chi connectivity index (χ2n) is 5.24. The summed E-state index contributed by atoms with van der Waals surface area (Å²) in [6.07, 6.45) is 1.28. The number of amides is 1. The molecule has 2 aromatic rings. The van der Waals surface area contributed by atoms with E-state index in [0.29, 0.717) is 10.6 Å². The third kappa shape index (κ3) is 4.63. The van der Waals surface area contributed by atoms with Crippen molar-refractivity contribution in [3.63, 3.8) is 0 Å². The minimum absolute atomic E-state index is 0.116. The Labute approximate surface area is 150 Å². The number of hydrogen-bond donors (Lipinski definition) is 3. The first kappa shape index (κ1) is 18.1. The van der Waals surface area contributed by atoms with Gasteiger partial charge in [0.05, 0.1) is 11.2 Å². The second-order valence-corrected chi connectivity index (χ2v) is 6.08. The molecule has 2 aromatic carbocycles. The number of carbonyl (C=O) groups excluding carboxylic acids is 1. The van der Waals surface area contributed by atoms with Crippen LogP contribution in [0.5, 0.6) is 5.75 Å². The number of hydrazone groups is 1. The van der Waals surface area contributed by atoms with Gasteiger partial charge in [0.1, 0.15) is 11.8 Å². The number of para-hydroxylation sites is 1. The number of carbonyl (C=O) groups is 1. The molecule has 0 bridgehead atoms. The molecule has 3 N–H and O–H groups in total. The molecule has 0 spiro atoms. The molecular weight excluding hydrogens is 349 g/mol. The average Bonchev–Trinajstić information content (AvgIpc) is 2.53. The zero-order chi connectivity index (χ0) is 17.7. The van der Waals surface area contributed by atoms with Gasteiger partial charge in [0.15, 0.2) is 0 Å².